The fraction of sp³-hybridized carbons (Fsp3) is 0.343. The van der Waals surface area contributed by atoms with E-state index in [0.29, 0.717) is 17.8 Å². The Hall–Kier alpha value is -6.32. The van der Waals surface area contributed by atoms with Crippen LogP contribution in [0.2, 0.25) is 0 Å². The van der Waals surface area contributed by atoms with E-state index in [1.54, 1.807) is 5.56 Å². The summed E-state index contributed by atoms with van der Waals surface area (Å²) in [7, 11) is 0. The fourth-order valence-electron chi connectivity index (χ4n) is 17.5. The Morgan fingerprint density at radius 1 is 0.543 bits per heavy atom. The second-order valence-corrected chi connectivity index (χ2v) is 26.1. The lowest BCUT2D eigenvalue weighted by Crippen LogP contribution is -2.41. The van der Waals surface area contributed by atoms with E-state index in [1.807, 2.05) is 0 Å². The van der Waals surface area contributed by atoms with E-state index >= 15 is 0 Å². The first-order valence-corrected chi connectivity index (χ1v) is 26.7. The highest BCUT2D eigenvalue weighted by Gasteiger charge is 2.69. The first-order chi connectivity index (χ1) is 33.7. The Morgan fingerprint density at radius 3 is 1.97 bits per heavy atom. The summed E-state index contributed by atoms with van der Waals surface area (Å²) in [5.74, 6) is 3.34. The maximum atomic E-state index is 5.78. The number of hydrogen-bond acceptors (Lipinski definition) is 2. The lowest BCUT2D eigenvalue weighted by molar-refractivity contribution is 0.165. The van der Waals surface area contributed by atoms with Crippen molar-refractivity contribution in [1.82, 2.24) is 14.4 Å². The molecule has 4 aromatic heterocycles. The van der Waals surface area contributed by atoms with Gasteiger partial charge in [0.2, 0.25) is 0 Å². The Balaban J connectivity index is 1.03. The van der Waals surface area contributed by atoms with Crippen molar-refractivity contribution < 1.29 is 0 Å². The van der Waals surface area contributed by atoms with Gasteiger partial charge < -0.3 is 4.40 Å². The Bertz CT molecular complexity index is 4080. The Kier molecular flexibility index (Phi) is 6.88. The molecule has 3 nitrogen and oxygen atoms in total. The van der Waals surface area contributed by atoms with Crippen molar-refractivity contribution >= 4 is 48.9 Å². The molecule has 0 radical (unpaired) electrons. The minimum Gasteiger partial charge on any atom is -0.305 e. The van der Waals surface area contributed by atoms with Crippen molar-refractivity contribution in [1.29, 1.82) is 0 Å². The van der Waals surface area contributed by atoms with Crippen molar-refractivity contribution in [3.8, 4) is 22.3 Å². The molecule has 4 heterocycles. The zero-order valence-electron chi connectivity index (χ0n) is 41.8. The molecular weight excluding hydrogens is 847 g/mol. The summed E-state index contributed by atoms with van der Waals surface area (Å²) in [6.07, 6.45) is 11.3. The lowest BCUT2D eigenvalue weighted by atomic mass is 9.54. The van der Waals surface area contributed by atoms with Crippen LogP contribution in [0.3, 0.4) is 0 Å². The maximum Gasteiger partial charge on any atom is 0.0729 e. The molecule has 3 heteroatoms. The van der Waals surface area contributed by atoms with Gasteiger partial charge in [-0.2, -0.15) is 0 Å². The predicted octanol–water partition coefficient (Wildman–Crippen LogP) is 16.6. The topological polar surface area (TPSA) is 30.2 Å². The van der Waals surface area contributed by atoms with Crippen LogP contribution in [0.1, 0.15) is 178 Å². The van der Waals surface area contributed by atoms with E-state index in [9.17, 15) is 0 Å². The highest BCUT2D eigenvalue weighted by Crippen LogP contribution is 2.77. The molecule has 10 aromatic rings. The average molecular weight is 906 g/mol. The second-order valence-electron chi connectivity index (χ2n) is 26.1. The molecule has 0 spiro atoms. The van der Waals surface area contributed by atoms with E-state index in [2.05, 4.69) is 175 Å². The number of hydrogen-bond donors (Lipinski definition) is 0. The molecule has 342 valence electrons. The van der Waals surface area contributed by atoms with Gasteiger partial charge in [-0.25, -0.2) is 0 Å². The van der Waals surface area contributed by atoms with Gasteiger partial charge in [0, 0.05) is 50.4 Å². The van der Waals surface area contributed by atoms with Crippen LogP contribution in [0.15, 0.2) is 116 Å². The van der Waals surface area contributed by atoms with E-state index < -0.39 is 0 Å². The van der Waals surface area contributed by atoms with Crippen LogP contribution in [0, 0.1) is 11.8 Å². The summed E-state index contributed by atoms with van der Waals surface area (Å²) >= 11 is 0. The molecule has 0 aliphatic heterocycles. The van der Waals surface area contributed by atoms with E-state index in [4.69, 9.17) is 9.97 Å². The van der Waals surface area contributed by atoms with Crippen LogP contribution in [-0.2, 0) is 21.7 Å². The largest absolute Gasteiger partial charge is 0.305 e. The summed E-state index contributed by atoms with van der Waals surface area (Å²) in [5.41, 5.74) is 26.5. The molecule has 2 saturated carbocycles. The predicted molar refractivity (Wildman–Crippen MR) is 287 cm³/mol. The average Bonchev–Trinajstić information content (AvgIpc) is 4.04. The Morgan fingerprint density at radius 2 is 1.20 bits per heavy atom. The van der Waals surface area contributed by atoms with Gasteiger partial charge in [-0.1, -0.05) is 140 Å². The van der Waals surface area contributed by atoms with Crippen molar-refractivity contribution in [2.75, 3.05) is 0 Å². The molecule has 6 bridgehead atoms. The van der Waals surface area contributed by atoms with Gasteiger partial charge in [0.15, 0.2) is 0 Å². The smallest absolute Gasteiger partial charge is 0.0729 e. The fourth-order valence-corrected chi connectivity index (χ4v) is 17.5. The van der Waals surface area contributed by atoms with Gasteiger partial charge in [0.25, 0.3) is 0 Å². The summed E-state index contributed by atoms with van der Waals surface area (Å²) in [6, 6.07) is 41.5. The zero-order chi connectivity index (χ0) is 46.9. The number of nitrogens with zero attached hydrogens (tertiary/aromatic N) is 3. The van der Waals surface area contributed by atoms with Crippen molar-refractivity contribution in [2.45, 2.75) is 133 Å². The van der Waals surface area contributed by atoms with Crippen molar-refractivity contribution in [3.63, 3.8) is 0 Å². The van der Waals surface area contributed by atoms with Gasteiger partial charge >= 0.3 is 0 Å². The second kappa shape index (κ2) is 12.2. The van der Waals surface area contributed by atoms with Gasteiger partial charge in [-0.15, -0.1) is 0 Å². The zero-order valence-corrected chi connectivity index (χ0v) is 41.8. The SMILES string of the molecule is CC(C)(C)c1ccc2c(c1)C1c3ncc4c(c3C23c2cc(C(C)(C)C)ccc2C13)c1cc(-c2cc3c(c5ccccc25)-c2ccccc2C3(C)C)cc2c3c5c(ncc3n4c21)C1CC2CC(C1)CC5C2. The van der Waals surface area contributed by atoms with Crippen molar-refractivity contribution in [2.24, 2.45) is 11.8 Å². The van der Waals surface area contributed by atoms with Crippen LogP contribution in [0.5, 0.6) is 0 Å². The van der Waals surface area contributed by atoms with Gasteiger partial charge in [-0.3, -0.25) is 9.97 Å². The quantitative estimate of drug-likeness (QED) is 0.164. The number of rotatable bonds is 1. The molecule has 8 aliphatic rings. The van der Waals surface area contributed by atoms with Gasteiger partial charge in [0.1, 0.15) is 0 Å². The highest BCUT2D eigenvalue weighted by molar-refractivity contribution is 6.27. The van der Waals surface area contributed by atoms with Gasteiger partial charge in [-0.05, 0) is 168 Å². The summed E-state index contributed by atoms with van der Waals surface area (Å²) in [4.78, 5) is 11.4. The molecule has 6 aromatic carbocycles. The number of benzene rings is 6. The third kappa shape index (κ3) is 4.38. The molecule has 2 fully saturated rings. The maximum absolute atomic E-state index is 5.78. The standard InChI is InChI=1S/C67H59N3/c1-64(2,3)38-18-20-49-45(28-38)58-59-43-19-17-39(65(4,5)6)29-50(43)67(49,59)60-57-47-27-35(44-30-51-55(41-14-10-9-13-40(41)44)42-15-11-12-16-48(42)66(51,7)8)26-46-56-52(70(63(46)47)53(57)32-69-62(58)60)31-68-61-37-24-33-21-34(25-37)23-36(22-33)54(56)61/h9-20,26-34,36-37,58-59H,21-25H2,1-8H3. The molecule has 0 saturated heterocycles. The van der Waals surface area contributed by atoms with E-state index in [1.165, 1.54) is 165 Å². The first kappa shape index (κ1) is 39.4. The lowest BCUT2D eigenvalue weighted by Gasteiger charge is -2.47. The monoisotopic (exact) mass is 905 g/mol. The molecule has 0 N–H and O–H groups in total. The number of pyridine rings is 2. The molecule has 0 amide bonds. The summed E-state index contributed by atoms with van der Waals surface area (Å²) < 4.78 is 2.65. The van der Waals surface area contributed by atoms with Crippen LogP contribution in [-0.4, -0.2) is 14.4 Å². The molecule has 8 aliphatic carbocycles. The van der Waals surface area contributed by atoms with Gasteiger partial charge in [0.05, 0.1) is 40.1 Å². The third-order valence-corrected chi connectivity index (χ3v) is 20.2. The molecule has 5 unspecified atom stereocenters. The van der Waals surface area contributed by atoms with E-state index in [-0.39, 0.29) is 27.6 Å². The van der Waals surface area contributed by atoms with Crippen LogP contribution < -0.4 is 0 Å². The number of fused-ring (bicyclic) bond motifs is 17. The van der Waals surface area contributed by atoms with Crippen molar-refractivity contribution in [3.05, 3.63) is 183 Å². The normalized spacial score (nSPS) is 25.9. The minimum absolute atomic E-state index is 0.0299. The molecular formula is C67H59N3. The summed E-state index contributed by atoms with van der Waals surface area (Å²) in [6.45, 7) is 19.1. The summed E-state index contributed by atoms with van der Waals surface area (Å²) in [5, 5.41) is 8.37. The van der Waals surface area contributed by atoms with Crippen LogP contribution >= 0.6 is 0 Å². The number of aromatic nitrogens is 3. The molecule has 5 atom stereocenters. The van der Waals surface area contributed by atoms with Crippen LogP contribution in [0.4, 0.5) is 0 Å². The minimum atomic E-state index is -0.271. The highest BCUT2D eigenvalue weighted by atomic mass is 15.0. The molecule has 70 heavy (non-hydrogen) atoms. The van der Waals surface area contributed by atoms with Crippen LogP contribution in [0.25, 0.3) is 71.1 Å². The molecule has 18 rings (SSSR count). The Labute approximate surface area is 410 Å². The third-order valence-electron chi connectivity index (χ3n) is 20.2. The van der Waals surface area contributed by atoms with E-state index in [0.717, 1.165) is 11.8 Å². The first-order valence-electron chi connectivity index (χ1n) is 26.7.